The van der Waals surface area contributed by atoms with Crippen LogP contribution in [0.1, 0.15) is 25.8 Å². The molecule has 1 unspecified atom stereocenters. The van der Waals surface area contributed by atoms with Gasteiger partial charge in [0.15, 0.2) is 0 Å². The Hall–Kier alpha value is -0.670. The zero-order valence-corrected chi connectivity index (χ0v) is 9.51. The summed E-state index contributed by atoms with van der Waals surface area (Å²) in [5.74, 6) is 0.413. The minimum Gasteiger partial charge on any atom is -0.321 e. The van der Waals surface area contributed by atoms with Gasteiger partial charge in [-0.1, -0.05) is 13.8 Å². The highest BCUT2D eigenvalue weighted by molar-refractivity contribution is 7.07. The quantitative estimate of drug-likeness (QED) is 0.811. The molecule has 1 aromatic heterocycles. The monoisotopic (exact) mass is 211 g/mol. The van der Waals surface area contributed by atoms with Gasteiger partial charge in [-0.3, -0.25) is 4.79 Å². The van der Waals surface area contributed by atoms with Crippen LogP contribution in [0.25, 0.3) is 0 Å². The third-order valence-electron chi connectivity index (χ3n) is 2.33. The molecule has 0 bridgehead atoms. The van der Waals surface area contributed by atoms with E-state index in [-0.39, 0.29) is 17.7 Å². The molecule has 2 nitrogen and oxygen atoms in total. The maximum absolute atomic E-state index is 11.6. The van der Waals surface area contributed by atoms with Crippen molar-refractivity contribution in [1.82, 2.24) is 0 Å². The Morgan fingerprint density at radius 3 is 2.79 bits per heavy atom. The molecule has 0 amide bonds. The Labute approximate surface area is 89.1 Å². The fourth-order valence-electron chi connectivity index (χ4n) is 1.24. The maximum atomic E-state index is 11.6. The molecule has 1 heterocycles. The molecule has 0 radical (unpaired) electrons. The Balaban J connectivity index is 2.35. The molecule has 1 rings (SSSR count). The SMILES string of the molecule is CC(C)C(N)C(=O)CCc1ccsc1. The van der Waals surface area contributed by atoms with Gasteiger partial charge >= 0.3 is 0 Å². The second-order valence-electron chi connectivity index (χ2n) is 3.87. The van der Waals surface area contributed by atoms with Crippen LogP contribution in [-0.4, -0.2) is 11.8 Å². The standard InChI is InChI=1S/C11H17NOS/c1-8(2)11(12)10(13)4-3-9-5-6-14-7-9/h5-8,11H,3-4,12H2,1-2H3. The Bertz CT molecular complexity index is 279. The van der Waals surface area contributed by atoms with Crippen molar-refractivity contribution < 1.29 is 4.79 Å². The minimum absolute atomic E-state index is 0.172. The number of carbonyl (C=O) groups is 1. The minimum atomic E-state index is -0.298. The lowest BCUT2D eigenvalue weighted by Gasteiger charge is -2.13. The summed E-state index contributed by atoms with van der Waals surface area (Å²) in [4.78, 5) is 11.6. The number of hydrogen-bond acceptors (Lipinski definition) is 3. The van der Waals surface area contributed by atoms with E-state index in [1.165, 1.54) is 5.56 Å². The molecule has 0 saturated heterocycles. The van der Waals surface area contributed by atoms with E-state index in [4.69, 9.17) is 5.73 Å². The van der Waals surface area contributed by atoms with Crippen LogP contribution in [-0.2, 0) is 11.2 Å². The van der Waals surface area contributed by atoms with Crippen molar-refractivity contribution >= 4 is 17.1 Å². The Morgan fingerprint density at radius 2 is 2.29 bits per heavy atom. The van der Waals surface area contributed by atoms with Gasteiger partial charge in [-0.05, 0) is 34.7 Å². The molecule has 0 saturated carbocycles. The lowest BCUT2D eigenvalue weighted by Crippen LogP contribution is -2.35. The zero-order valence-electron chi connectivity index (χ0n) is 8.69. The fraction of sp³-hybridized carbons (Fsp3) is 0.545. The van der Waals surface area contributed by atoms with Crippen LogP contribution in [0.4, 0.5) is 0 Å². The van der Waals surface area contributed by atoms with Crippen molar-refractivity contribution in [3.05, 3.63) is 22.4 Å². The average molecular weight is 211 g/mol. The van der Waals surface area contributed by atoms with E-state index in [2.05, 4.69) is 11.4 Å². The van der Waals surface area contributed by atoms with E-state index in [0.29, 0.717) is 6.42 Å². The first-order valence-electron chi connectivity index (χ1n) is 4.90. The number of thiophene rings is 1. The van der Waals surface area contributed by atoms with Crippen LogP contribution in [0.3, 0.4) is 0 Å². The van der Waals surface area contributed by atoms with Crippen LogP contribution in [0, 0.1) is 5.92 Å². The summed E-state index contributed by atoms with van der Waals surface area (Å²) in [6.07, 6.45) is 1.39. The number of nitrogens with two attached hydrogens (primary N) is 1. The van der Waals surface area contributed by atoms with Crippen LogP contribution < -0.4 is 5.73 Å². The third kappa shape index (κ3) is 3.24. The number of hydrogen-bond donors (Lipinski definition) is 1. The summed E-state index contributed by atoms with van der Waals surface area (Å²) in [5, 5.41) is 4.11. The number of ketones is 1. The summed E-state index contributed by atoms with van der Waals surface area (Å²) < 4.78 is 0. The van der Waals surface area contributed by atoms with E-state index in [1.807, 2.05) is 19.2 Å². The van der Waals surface area contributed by atoms with Gasteiger partial charge in [0.1, 0.15) is 5.78 Å². The molecule has 0 aliphatic heterocycles. The molecule has 14 heavy (non-hydrogen) atoms. The summed E-state index contributed by atoms with van der Waals surface area (Å²) in [6.45, 7) is 3.96. The van der Waals surface area contributed by atoms with Gasteiger partial charge in [0, 0.05) is 6.42 Å². The lowest BCUT2D eigenvalue weighted by molar-refractivity contribution is -0.121. The van der Waals surface area contributed by atoms with E-state index < -0.39 is 0 Å². The van der Waals surface area contributed by atoms with Gasteiger partial charge in [-0.25, -0.2) is 0 Å². The van der Waals surface area contributed by atoms with Gasteiger partial charge in [-0.2, -0.15) is 11.3 Å². The number of aryl methyl sites for hydroxylation is 1. The molecule has 1 atom stereocenters. The highest BCUT2D eigenvalue weighted by Crippen LogP contribution is 2.10. The molecule has 0 aliphatic carbocycles. The van der Waals surface area contributed by atoms with Gasteiger partial charge in [0.25, 0.3) is 0 Å². The molecular formula is C11H17NOS. The molecule has 0 aromatic carbocycles. The van der Waals surface area contributed by atoms with E-state index in [0.717, 1.165) is 6.42 Å². The molecule has 0 fully saturated rings. The van der Waals surface area contributed by atoms with Crippen molar-refractivity contribution in [2.75, 3.05) is 0 Å². The van der Waals surface area contributed by atoms with Crippen molar-refractivity contribution in [3.63, 3.8) is 0 Å². The normalized spacial score (nSPS) is 13.1. The molecular weight excluding hydrogens is 194 g/mol. The lowest BCUT2D eigenvalue weighted by atomic mass is 9.97. The molecule has 1 aromatic rings. The number of rotatable bonds is 5. The van der Waals surface area contributed by atoms with Gasteiger partial charge in [-0.15, -0.1) is 0 Å². The fourth-order valence-corrected chi connectivity index (χ4v) is 1.94. The van der Waals surface area contributed by atoms with Crippen molar-refractivity contribution in [1.29, 1.82) is 0 Å². The maximum Gasteiger partial charge on any atom is 0.150 e. The third-order valence-corrected chi connectivity index (χ3v) is 3.06. The predicted octanol–water partition coefficient (Wildman–Crippen LogP) is 2.23. The van der Waals surface area contributed by atoms with E-state index in [1.54, 1.807) is 11.3 Å². The second kappa shape index (κ2) is 5.27. The van der Waals surface area contributed by atoms with Crippen molar-refractivity contribution in [2.24, 2.45) is 11.7 Å². The average Bonchev–Trinajstić information content (AvgIpc) is 2.65. The van der Waals surface area contributed by atoms with Gasteiger partial charge in [0.2, 0.25) is 0 Å². The molecule has 2 N–H and O–H groups in total. The molecule has 0 aliphatic rings. The zero-order chi connectivity index (χ0) is 10.6. The van der Waals surface area contributed by atoms with E-state index >= 15 is 0 Å². The first-order chi connectivity index (χ1) is 6.61. The highest BCUT2D eigenvalue weighted by atomic mass is 32.1. The van der Waals surface area contributed by atoms with Crippen LogP contribution in [0.2, 0.25) is 0 Å². The highest BCUT2D eigenvalue weighted by Gasteiger charge is 2.16. The van der Waals surface area contributed by atoms with Crippen molar-refractivity contribution in [2.45, 2.75) is 32.7 Å². The van der Waals surface area contributed by atoms with Crippen molar-refractivity contribution in [3.8, 4) is 0 Å². The molecule has 78 valence electrons. The van der Waals surface area contributed by atoms with Gasteiger partial charge in [0.05, 0.1) is 6.04 Å². The summed E-state index contributed by atoms with van der Waals surface area (Å²) in [6, 6.07) is 1.76. The largest absolute Gasteiger partial charge is 0.321 e. The predicted molar refractivity (Wildman–Crippen MR) is 60.5 cm³/mol. The first-order valence-corrected chi connectivity index (χ1v) is 5.85. The second-order valence-corrected chi connectivity index (χ2v) is 4.65. The summed E-state index contributed by atoms with van der Waals surface area (Å²) >= 11 is 1.66. The number of carbonyl (C=O) groups excluding carboxylic acids is 1. The summed E-state index contributed by atoms with van der Waals surface area (Å²) in [7, 11) is 0. The van der Waals surface area contributed by atoms with Crippen LogP contribution in [0.15, 0.2) is 16.8 Å². The smallest absolute Gasteiger partial charge is 0.150 e. The Morgan fingerprint density at radius 1 is 1.57 bits per heavy atom. The molecule has 3 heteroatoms. The van der Waals surface area contributed by atoms with Crippen LogP contribution in [0.5, 0.6) is 0 Å². The Kier molecular flexibility index (Phi) is 4.29. The number of Topliss-reactive ketones (excluding diaryl/α,β-unsaturated/α-hetero) is 1. The van der Waals surface area contributed by atoms with Crippen LogP contribution >= 0.6 is 11.3 Å². The summed E-state index contributed by atoms with van der Waals surface area (Å²) in [5.41, 5.74) is 6.99. The van der Waals surface area contributed by atoms with E-state index in [9.17, 15) is 4.79 Å². The molecule has 0 spiro atoms. The topological polar surface area (TPSA) is 43.1 Å². The van der Waals surface area contributed by atoms with Gasteiger partial charge < -0.3 is 5.73 Å². The first kappa shape index (κ1) is 11.4.